The number of pyridine rings is 1. The number of H-pyrrole nitrogens is 1. The van der Waals surface area contributed by atoms with Gasteiger partial charge in [0, 0.05) is 38.3 Å². The van der Waals surface area contributed by atoms with Crippen molar-refractivity contribution >= 4 is 0 Å². The van der Waals surface area contributed by atoms with Gasteiger partial charge in [-0.2, -0.15) is 0 Å². The predicted octanol–water partition coefficient (Wildman–Crippen LogP) is 2.79. The molecule has 4 nitrogen and oxygen atoms in total. The van der Waals surface area contributed by atoms with Crippen LogP contribution in [0.5, 0.6) is 0 Å². The molecule has 1 aromatic carbocycles. The molecule has 1 aromatic heterocycles. The molecule has 26 heavy (non-hydrogen) atoms. The minimum atomic E-state index is -0.534. The van der Waals surface area contributed by atoms with E-state index < -0.39 is 5.60 Å². The first kappa shape index (κ1) is 17.5. The van der Waals surface area contributed by atoms with Gasteiger partial charge < -0.3 is 15.0 Å². The van der Waals surface area contributed by atoms with Gasteiger partial charge in [0.2, 0.25) is 5.56 Å². The van der Waals surface area contributed by atoms with Crippen molar-refractivity contribution in [1.29, 1.82) is 0 Å². The summed E-state index contributed by atoms with van der Waals surface area (Å²) in [6, 6.07) is 13.9. The van der Waals surface area contributed by atoms with Crippen molar-refractivity contribution < 1.29 is 5.11 Å². The van der Waals surface area contributed by atoms with Crippen molar-refractivity contribution in [2.45, 2.75) is 37.7 Å². The number of nitrogens with one attached hydrogen (secondary N) is 1. The Labute approximate surface area is 154 Å². The number of aliphatic hydroxyl groups is 1. The Kier molecular flexibility index (Phi) is 4.72. The summed E-state index contributed by atoms with van der Waals surface area (Å²) in [4.78, 5) is 16.5. The zero-order chi connectivity index (χ0) is 18.1. The van der Waals surface area contributed by atoms with Gasteiger partial charge in [0.05, 0.1) is 5.60 Å². The molecule has 2 aliphatic rings. The molecule has 0 spiro atoms. The monoisotopic (exact) mass is 352 g/mol. The normalized spacial score (nSPS) is 29.6. The van der Waals surface area contributed by atoms with Gasteiger partial charge in [0.25, 0.3) is 0 Å². The number of fused-ring (bicyclic) bond motifs is 1. The van der Waals surface area contributed by atoms with E-state index in [0.29, 0.717) is 17.8 Å². The van der Waals surface area contributed by atoms with Crippen LogP contribution in [0.15, 0.2) is 53.5 Å². The van der Waals surface area contributed by atoms with Crippen LogP contribution in [0.1, 0.15) is 36.8 Å². The molecule has 2 aromatic rings. The fourth-order valence-corrected chi connectivity index (χ4v) is 5.05. The topological polar surface area (TPSA) is 56.3 Å². The van der Waals surface area contributed by atoms with E-state index in [-0.39, 0.29) is 5.56 Å². The van der Waals surface area contributed by atoms with Crippen LogP contribution in [0.2, 0.25) is 0 Å². The standard InChI is InChI=1S/C22H28N2O2/c1-16(18-7-8-21(25)23-12-18)13-24-14-19-10-22(26,11-20(19)15-24)9-17-5-3-2-4-6-17/h2-8,12,16,19-20,26H,9-11,13-15H2,1H3,(H,23,25)/t16?,19-,20+,22?. The molecule has 4 heteroatoms. The molecule has 2 unspecified atom stereocenters. The first-order chi connectivity index (χ1) is 12.5. The molecule has 2 fully saturated rings. The second-order valence-electron chi connectivity index (χ2n) is 8.42. The Bertz CT molecular complexity index is 767. The van der Waals surface area contributed by atoms with Gasteiger partial charge >= 0.3 is 0 Å². The highest BCUT2D eigenvalue weighted by molar-refractivity contribution is 5.19. The highest BCUT2D eigenvalue weighted by Crippen LogP contribution is 2.45. The lowest BCUT2D eigenvalue weighted by atomic mass is 9.91. The van der Waals surface area contributed by atoms with Crippen LogP contribution in [-0.2, 0) is 6.42 Å². The van der Waals surface area contributed by atoms with Crippen molar-refractivity contribution in [3.8, 4) is 0 Å². The van der Waals surface area contributed by atoms with Gasteiger partial charge in [-0.1, -0.05) is 43.3 Å². The first-order valence-corrected chi connectivity index (χ1v) is 9.68. The van der Waals surface area contributed by atoms with E-state index in [1.807, 2.05) is 18.3 Å². The smallest absolute Gasteiger partial charge is 0.247 e. The molecule has 138 valence electrons. The average Bonchev–Trinajstić information content (AvgIpc) is 3.10. The Morgan fingerprint density at radius 2 is 1.85 bits per heavy atom. The van der Waals surface area contributed by atoms with Gasteiger partial charge in [-0.05, 0) is 41.7 Å². The van der Waals surface area contributed by atoms with Crippen LogP contribution >= 0.6 is 0 Å². The van der Waals surface area contributed by atoms with E-state index >= 15 is 0 Å². The molecule has 1 aliphatic heterocycles. The van der Waals surface area contributed by atoms with Crippen LogP contribution in [0, 0.1) is 11.8 Å². The van der Waals surface area contributed by atoms with E-state index in [1.54, 1.807) is 6.07 Å². The number of benzene rings is 1. The second kappa shape index (κ2) is 7.01. The van der Waals surface area contributed by atoms with Gasteiger partial charge in [-0.3, -0.25) is 4.79 Å². The number of hydrogen-bond donors (Lipinski definition) is 2. The zero-order valence-corrected chi connectivity index (χ0v) is 15.4. The van der Waals surface area contributed by atoms with Crippen LogP contribution in [0.3, 0.4) is 0 Å². The molecule has 1 saturated carbocycles. The van der Waals surface area contributed by atoms with E-state index in [9.17, 15) is 9.90 Å². The third-order valence-corrected chi connectivity index (χ3v) is 6.22. The lowest BCUT2D eigenvalue weighted by Crippen LogP contribution is -2.33. The molecule has 4 rings (SSSR count). The fraction of sp³-hybridized carbons (Fsp3) is 0.500. The molecular weight excluding hydrogens is 324 g/mol. The van der Waals surface area contributed by atoms with Gasteiger partial charge in [-0.15, -0.1) is 0 Å². The van der Waals surface area contributed by atoms with Gasteiger partial charge in [-0.25, -0.2) is 0 Å². The maximum Gasteiger partial charge on any atom is 0.247 e. The molecule has 2 heterocycles. The number of likely N-dealkylation sites (tertiary alicyclic amines) is 1. The number of aromatic nitrogens is 1. The minimum Gasteiger partial charge on any atom is -0.390 e. The molecular formula is C22H28N2O2. The maximum atomic E-state index is 11.2. The SMILES string of the molecule is CC(CN1C[C@@H]2CC(O)(Cc3ccccc3)C[C@@H]2C1)c1ccc(=O)[nH]c1. The Morgan fingerprint density at radius 1 is 1.15 bits per heavy atom. The van der Waals surface area contributed by atoms with Crippen LogP contribution in [0.25, 0.3) is 0 Å². The largest absolute Gasteiger partial charge is 0.390 e. The fourth-order valence-electron chi connectivity index (χ4n) is 5.05. The van der Waals surface area contributed by atoms with E-state index in [1.165, 1.54) is 11.1 Å². The third-order valence-electron chi connectivity index (χ3n) is 6.22. The number of aromatic amines is 1. The Balaban J connectivity index is 1.33. The van der Waals surface area contributed by atoms with E-state index in [0.717, 1.165) is 38.9 Å². The number of nitrogens with zero attached hydrogens (tertiary/aromatic N) is 1. The number of rotatable bonds is 5. The van der Waals surface area contributed by atoms with Crippen molar-refractivity contribution in [3.63, 3.8) is 0 Å². The predicted molar refractivity (Wildman–Crippen MR) is 103 cm³/mol. The molecule has 0 bridgehead atoms. The average molecular weight is 352 g/mol. The highest BCUT2D eigenvalue weighted by Gasteiger charge is 2.48. The molecule has 0 radical (unpaired) electrons. The summed E-state index contributed by atoms with van der Waals surface area (Å²) >= 11 is 0. The molecule has 1 saturated heterocycles. The quantitative estimate of drug-likeness (QED) is 0.870. The van der Waals surface area contributed by atoms with Gasteiger partial charge in [0.1, 0.15) is 0 Å². The summed E-state index contributed by atoms with van der Waals surface area (Å²) in [7, 11) is 0. The molecule has 1 aliphatic carbocycles. The Hall–Kier alpha value is -1.91. The van der Waals surface area contributed by atoms with Crippen LogP contribution in [-0.4, -0.2) is 40.2 Å². The summed E-state index contributed by atoms with van der Waals surface area (Å²) in [5.74, 6) is 1.60. The summed E-state index contributed by atoms with van der Waals surface area (Å²) < 4.78 is 0. The van der Waals surface area contributed by atoms with Crippen molar-refractivity contribution in [1.82, 2.24) is 9.88 Å². The molecule has 2 N–H and O–H groups in total. The molecule has 0 amide bonds. The lowest BCUT2D eigenvalue weighted by Gasteiger charge is -2.27. The first-order valence-electron chi connectivity index (χ1n) is 9.68. The van der Waals surface area contributed by atoms with E-state index in [2.05, 4.69) is 41.1 Å². The minimum absolute atomic E-state index is 0.0469. The van der Waals surface area contributed by atoms with Crippen LogP contribution < -0.4 is 5.56 Å². The summed E-state index contributed by atoms with van der Waals surface area (Å²) in [5.41, 5.74) is 1.84. The summed E-state index contributed by atoms with van der Waals surface area (Å²) in [5, 5.41) is 11.1. The highest BCUT2D eigenvalue weighted by atomic mass is 16.3. The van der Waals surface area contributed by atoms with Gasteiger partial charge in [0.15, 0.2) is 0 Å². The zero-order valence-electron chi connectivity index (χ0n) is 15.4. The van der Waals surface area contributed by atoms with Crippen molar-refractivity contribution in [2.75, 3.05) is 19.6 Å². The summed E-state index contributed by atoms with van der Waals surface area (Å²) in [6.45, 7) is 5.38. The third kappa shape index (κ3) is 3.76. The lowest BCUT2D eigenvalue weighted by molar-refractivity contribution is 0.0353. The second-order valence-corrected chi connectivity index (χ2v) is 8.42. The van der Waals surface area contributed by atoms with E-state index in [4.69, 9.17) is 0 Å². The maximum absolute atomic E-state index is 11.2. The van der Waals surface area contributed by atoms with Crippen molar-refractivity contribution in [2.24, 2.45) is 11.8 Å². The van der Waals surface area contributed by atoms with Crippen molar-refractivity contribution in [3.05, 3.63) is 70.1 Å². The van der Waals surface area contributed by atoms with Crippen LogP contribution in [0.4, 0.5) is 0 Å². The molecule has 4 atom stereocenters. The Morgan fingerprint density at radius 3 is 2.46 bits per heavy atom. The summed E-state index contributed by atoms with van der Waals surface area (Å²) in [6.07, 6.45) is 4.43. The number of hydrogen-bond acceptors (Lipinski definition) is 3.